The van der Waals surface area contributed by atoms with Gasteiger partial charge in [0.05, 0.1) is 5.41 Å². The summed E-state index contributed by atoms with van der Waals surface area (Å²) in [4.78, 5) is 11.5. The zero-order chi connectivity index (χ0) is 14.4. The second kappa shape index (κ2) is 7.25. The Kier molecular flexibility index (Phi) is 6.27. The molecule has 0 aromatic carbocycles. The number of carbonyl (C=O) groups is 1. The van der Waals surface area contributed by atoms with Crippen LogP contribution in [0.3, 0.4) is 0 Å². The number of nitrogens with one attached hydrogen (secondary N) is 1. The minimum absolute atomic E-state index is 0.296. The van der Waals surface area contributed by atoms with Crippen LogP contribution < -0.4 is 5.32 Å². The number of hydrogen-bond acceptors (Lipinski definition) is 3. The molecule has 1 aliphatic rings. The van der Waals surface area contributed by atoms with Crippen molar-refractivity contribution >= 4 is 5.97 Å². The Morgan fingerprint density at radius 2 is 1.84 bits per heavy atom. The molecule has 4 heteroatoms. The second-order valence-corrected chi connectivity index (χ2v) is 5.86. The van der Waals surface area contributed by atoms with Gasteiger partial charge in [-0.15, -0.1) is 0 Å². The molecular formula is C15H29NO3. The molecule has 0 aromatic rings. The Morgan fingerprint density at radius 3 is 2.26 bits per heavy atom. The summed E-state index contributed by atoms with van der Waals surface area (Å²) in [5, 5.41) is 12.9. The molecule has 1 aliphatic heterocycles. The zero-order valence-corrected chi connectivity index (χ0v) is 12.6. The van der Waals surface area contributed by atoms with E-state index in [-0.39, 0.29) is 0 Å². The van der Waals surface area contributed by atoms with Gasteiger partial charge in [0.25, 0.3) is 0 Å². The Balaban J connectivity index is 2.53. The van der Waals surface area contributed by atoms with E-state index in [1.54, 1.807) is 0 Å². The lowest BCUT2D eigenvalue weighted by molar-refractivity contribution is -0.149. The third kappa shape index (κ3) is 3.93. The van der Waals surface area contributed by atoms with E-state index in [2.05, 4.69) is 12.2 Å². The topological polar surface area (TPSA) is 58.6 Å². The first-order valence-electron chi connectivity index (χ1n) is 7.56. The highest BCUT2D eigenvalue weighted by Crippen LogP contribution is 2.34. The highest BCUT2D eigenvalue weighted by Gasteiger charge is 2.36. The summed E-state index contributed by atoms with van der Waals surface area (Å²) in [6, 6.07) is 0. The molecule has 1 rings (SSSR count). The fourth-order valence-corrected chi connectivity index (χ4v) is 2.90. The van der Waals surface area contributed by atoms with Crippen LogP contribution in [-0.2, 0) is 9.53 Å². The van der Waals surface area contributed by atoms with E-state index >= 15 is 0 Å². The molecule has 0 bridgehead atoms. The van der Waals surface area contributed by atoms with Crippen LogP contribution >= 0.6 is 0 Å². The monoisotopic (exact) mass is 271 g/mol. The summed E-state index contributed by atoms with van der Waals surface area (Å²) >= 11 is 0. The molecule has 0 aromatic heterocycles. The largest absolute Gasteiger partial charge is 0.481 e. The Morgan fingerprint density at radius 1 is 1.26 bits per heavy atom. The third-order valence-electron chi connectivity index (χ3n) is 5.07. The van der Waals surface area contributed by atoms with Crippen molar-refractivity contribution in [1.82, 2.24) is 5.32 Å². The molecule has 1 heterocycles. The normalized spacial score (nSPS) is 19.3. The van der Waals surface area contributed by atoms with Gasteiger partial charge in [-0.1, -0.05) is 20.8 Å². The van der Waals surface area contributed by atoms with Crippen LogP contribution in [0.15, 0.2) is 0 Å². The fraction of sp³-hybridized carbons (Fsp3) is 0.933. The summed E-state index contributed by atoms with van der Waals surface area (Å²) in [6.07, 6.45) is 4.63. The lowest BCUT2D eigenvalue weighted by Gasteiger charge is -2.38. The van der Waals surface area contributed by atoms with Crippen LogP contribution in [0.2, 0.25) is 0 Å². The first-order valence-corrected chi connectivity index (χ1v) is 7.56. The summed E-state index contributed by atoms with van der Waals surface area (Å²) in [7, 11) is 0. The van der Waals surface area contributed by atoms with Gasteiger partial charge in [0.15, 0.2) is 0 Å². The number of hydrogen-bond donors (Lipinski definition) is 2. The van der Waals surface area contributed by atoms with Crippen LogP contribution in [0.4, 0.5) is 0 Å². The molecule has 112 valence electrons. The van der Waals surface area contributed by atoms with Crippen LogP contribution in [0.5, 0.6) is 0 Å². The van der Waals surface area contributed by atoms with Gasteiger partial charge in [-0.25, -0.2) is 0 Å². The van der Waals surface area contributed by atoms with Gasteiger partial charge in [0.2, 0.25) is 0 Å². The van der Waals surface area contributed by atoms with E-state index in [4.69, 9.17) is 4.74 Å². The average Bonchev–Trinajstić information content (AvgIpc) is 2.44. The highest BCUT2D eigenvalue weighted by atomic mass is 16.5. The van der Waals surface area contributed by atoms with Gasteiger partial charge >= 0.3 is 5.97 Å². The number of aliphatic carboxylic acids is 1. The predicted molar refractivity (Wildman–Crippen MR) is 76.3 cm³/mol. The Hall–Kier alpha value is -0.610. The molecule has 1 saturated heterocycles. The van der Waals surface area contributed by atoms with Crippen molar-refractivity contribution in [2.45, 2.75) is 52.9 Å². The van der Waals surface area contributed by atoms with E-state index in [9.17, 15) is 9.90 Å². The van der Waals surface area contributed by atoms with Crippen molar-refractivity contribution in [2.24, 2.45) is 10.8 Å². The predicted octanol–water partition coefficient (Wildman–Crippen LogP) is 2.67. The van der Waals surface area contributed by atoms with Crippen molar-refractivity contribution in [3.63, 3.8) is 0 Å². The van der Waals surface area contributed by atoms with Crippen LogP contribution in [0.1, 0.15) is 52.9 Å². The van der Waals surface area contributed by atoms with E-state index < -0.39 is 11.4 Å². The van der Waals surface area contributed by atoms with Gasteiger partial charge in [-0.2, -0.15) is 0 Å². The van der Waals surface area contributed by atoms with Gasteiger partial charge in [0.1, 0.15) is 0 Å². The van der Waals surface area contributed by atoms with Crippen molar-refractivity contribution in [3.05, 3.63) is 0 Å². The summed E-state index contributed by atoms with van der Waals surface area (Å²) in [5.74, 6) is -0.678. The van der Waals surface area contributed by atoms with Crippen LogP contribution in [-0.4, -0.2) is 37.4 Å². The quantitative estimate of drug-likeness (QED) is 0.712. The maximum atomic E-state index is 11.5. The minimum Gasteiger partial charge on any atom is -0.481 e. The second-order valence-electron chi connectivity index (χ2n) is 5.86. The fourth-order valence-electron chi connectivity index (χ4n) is 2.90. The van der Waals surface area contributed by atoms with Gasteiger partial charge in [-0.3, -0.25) is 4.79 Å². The molecule has 0 unspecified atom stereocenters. The van der Waals surface area contributed by atoms with Gasteiger partial charge < -0.3 is 15.2 Å². The van der Waals surface area contributed by atoms with Crippen molar-refractivity contribution in [1.29, 1.82) is 0 Å². The highest BCUT2D eigenvalue weighted by molar-refractivity contribution is 5.74. The number of rotatable bonds is 8. The standard InChI is InChI=1S/C15H29NO3/c1-4-14(7-9-19-10-8-14)11-16-12-15(5-2,6-3)13(17)18/h16H,4-12H2,1-3H3,(H,17,18). The minimum atomic E-state index is -0.678. The first kappa shape index (κ1) is 16.4. The third-order valence-corrected chi connectivity index (χ3v) is 5.07. The van der Waals surface area contributed by atoms with E-state index in [0.29, 0.717) is 24.8 Å². The molecule has 2 N–H and O–H groups in total. The summed E-state index contributed by atoms with van der Waals surface area (Å²) in [6.45, 7) is 9.28. The summed E-state index contributed by atoms with van der Waals surface area (Å²) in [5.41, 5.74) is -0.315. The number of carboxylic acid groups (broad SMARTS) is 1. The van der Waals surface area contributed by atoms with Gasteiger partial charge in [-0.05, 0) is 37.5 Å². The van der Waals surface area contributed by atoms with E-state index in [0.717, 1.165) is 39.0 Å². The molecule has 4 nitrogen and oxygen atoms in total. The zero-order valence-electron chi connectivity index (χ0n) is 12.6. The lowest BCUT2D eigenvalue weighted by Crippen LogP contribution is -2.45. The Labute approximate surface area is 116 Å². The lowest BCUT2D eigenvalue weighted by atomic mass is 9.77. The molecule has 19 heavy (non-hydrogen) atoms. The summed E-state index contributed by atoms with van der Waals surface area (Å²) < 4.78 is 5.43. The van der Waals surface area contributed by atoms with Crippen LogP contribution in [0.25, 0.3) is 0 Å². The van der Waals surface area contributed by atoms with Crippen molar-refractivity contribution in [3.8, 4) is 0 Å². The molecule has 0 amide bonds. The molecule has 0 radical (unpaired) electrons. The average molecular weight is 271 g/mol. The van der Waals surface area contributed by atoms with Crippen molar-refractivity contribution < 1.29 is 14.6 Å². The van der Waals surface area contributed by atoms with Gasteiger partial charge in [0, 0.05) is 26.3 Å². The smallest absolute Gasteiger partial charge is 0.310 e. The molecule has 0 aliphatic carbocycles. The van der Waals surface area contributed by atoms with Crippen molar-refractivity contribution in [2.75, 3.05) is 26.3 Å². The number of carboxylic acids is 1. The molecular weight excluding hydrogens is 242 g/mol. The van der Waals surface area contributed by atoms with E-state index in [1.165, 1.54) is 0 Å². The SMILES string of the molecule is CCC1(CNCC(CC)(CC)C(=O)O)CCOCC1. The molecule has 1 fully saturated rings. The maximum Gasteiger partial charge on any atom is 0.310 e. The number of ether oxygens (including phenoxy) is 1. The van der Waals surface area contributed by atoms with Crippen LogP contribution in [0, 0.1) is 10.8 Å². The first-order chi connectivity index (χ1) is 9.04. The maximum absolute atomic E-state index is 11.5. The molecule has 0 saturated carbocycles. The Bertz CT molecular complexity index is 281. The molecule has 0 spiro atoms. The van der Waals surface area contributed by atoms with E-state index in [1.807, 2.05) is 13.8 Å². The molecule has 0 atom stereocenters.